The van der Waals surface area contributed by atoms with E-state index in [1.807, 2.05) is 0 Å². The van der Waals surface area contributed by atoms with Crippen molar-refractivity contribution in [3.63, 3.8) is 0 Å². The van der Waals surface area contributed by atoms with Gasteiger partial charge in [0, 0.05) is 11.1 Å². The van der Waals surface area contributed by atoms with Gasteiger partial charge in [0.2, 0.25) is 0 Å². The molecule has 2 atom stereocenters. The van der Waals surface area contributed by atoms with Crippen LogP contribution in [0.25, 0.3) is 0 Å². The molecule has 120 valence electrons. The Morgan fingerprint density at radius 2 is 2.09 bits per heavy atom. The molecule has 6 heteroatoms. The van der Waals surface area contributed by atoms with Gasteiger partial charge in [-0.15, -0.1) is 0 Å². The van der Waals surface area contributed by atoms with E-state index in [1.54, 1.807) is 24.3 Å². The third-order valence-electron chi connectivity index (χ3n) is 3.85. The molecular formula is C16H21ClN2O3. The Morgan fingerprint density at radius 1 is 1.32 bits per heavy atom. The maximum absolute atomic E-state index is 11.8. The Kier molecular flexibility index (Phi) is 6.07. The van der Waals surface area contributed by atoms with E-state index in [0.717, 1.165) is 19.3 Å². The van der Waals surface area contributed by atoms with E-state index in [-0.39, 0.29) is 12.6 Å². The smallest absolute Gasteiger partial charge is 0.321 e. The molecule has 0 saturated heterocycles. The summed E-state index contributed by atoms with van der Waals surface area (Å²) in [6.45, 7) is 1.89. The molecule has 3 amide bonds. The Morgan fingerprint density at radius 3 is 2.82 bits per heavy atom. The van der Waals surface area contributed by atoms with Crippen molar-refractivity contribution in [2.24, 2.45) is 5.92 Å². The van der Waals surface area contributed by atoms with E-state index < -0.39 is 11.9 Å². The van der Waals surface area contributed by atoms with Crippen LogP contribution in [-0.4, -0.2) is 24.6 Å². The molecule has 1 fully saturated rings. The fraction of sp³-hybridized carbons (Fsp3) is 0.500. The number of hydrogen-bond acceptors (Lipinski definition) is 3. The normalized spacial score (nSPS) is 21.0. The summed E-state index contributed by atoms with van der Waals surface area (Å²) in [5, 5.41) is 5.67. The van der Waals surface area contributed by atoms with Crippen molar-refractivity contribution in [2.75, 3.05) is 6.61 Å². The average molecular weight is 325 g/mol. The van der Waals surface area contributed by atoms with Crippen LogP contribution >= 0.6 is 11.6 Å². The van der Waals surface area contributed by atoms with Crippen LogP contribution in [0.2, 0.25) is 5.02 Å². The second-order valence-electron chi connectivity index (χ2n) is 5.64. The second-order valence-corrected chi connectivity index (χ2v) is 6.07. The number of carbonyl (C=O) groups is 2. The fourth-order valence-corrected chi connectivity index (χ4v) is 2.78. The van der Waals surface area contributed by atoms with Crippen molar-refractivity contribution in [1.82, 2.24) is 10.6 Å². The first kappa shape index (κ1) is 16.6. The van der Waals surface area contributed by atoms with Crippen LogP contribution in [0.4, 0.5) is 4.79 Å². The number of urea groups is 1. The van der Waals surface area contributed by atoms with Crippen molar-refractivity contribution in [2.45, 2.75) is 38.6 Å². The van der Waals surface area contributed by atoms with Gasteiger partial charge in [-0.25, -0.2) is 4.79 Å². The quantitative estimate of drug-likeness (QED) is 0.894. The highest BCUT2D eigenvalue weighted by atomic mass is 35.5. The Balaban J connectivity index is 1.73. The Hall–Kier alpha value is -1.75. The van der Waals surface area contributed by atoms with Crippen molar-refractivity contribution < 1.29 is 14.3 Å². The zero-order valence-corrected chi connectivity index (χ0v) is 13.4. The minimum absolute atomic E-state index is 0.135. The number of nitrogens with one attached hydrogen (secondary N) is 2. The van der Waals surface area contributed by atoms with Gasteiger partial charge in [0.15, 0.2) is 6.61 Å². The molecule has 1 aromatic rings. The average Bonchev–Trinajstić information content (AvgIpc) is 2.47. The van der Waals surface area contributed by atoms with Gasteiger partial charge in [-0.05, 0) is 37.0 Å². The van der Waals surface area contributed by atoms with Crippen LogP contribution in [-0.2, 0) is 4.79 Å². The lowest BCUT2D eigenvalue weighted by atomic mass is 9.86. The molecule has 1 saturated carbocycles. The number of hydrogen-bond donors (Lipinski definition) is 2. The Labute approximate surface area is 135 Å². The molecule has 0 aliphatic heterocycles. The third-order valence-corrected chi connectivity index (χ3v) is 4.08. The van der Waals surface area contributed by atoms with E-state index in [1.165, 1.54) is 6.42 Å². The molecule has 1 aromatic carbocycles. The van der Waals surface area contributed by atoms with E-state index in [9.17, 15) is 9.59 Å². The summed E-state index contributed by atoms with van der Waals surface area (Å²) in [5.74, 6) is 0.446. The first-order valence-corrected chi connectivity index (χ1v) is 7.91. The van der Waals surface area contributed by atoms with Gasteiger partial charge in [0.25, 0.3) is 5.91 Å². The summed E-state index contributed by atoms with van der Waals surface area (Å²) < 4.78 is 5.28. The lowest BCUT2D eigenvalue weighted by molar-refractivity contribution is -0.122. The third kappa shape index (κ3) is 5.22. The van der Waals surface area contributed by atoms with Crippen LogP contribution in [0.3, 0.4) is 0 Å². The number of carbonyl (C=O) groups excluding carboxylic acids is 2. The number of imide groups is 1. The zero-order chi connectivity index (χ0) is 15.9. The number of halogens is 1. The molecular weight excluding hydrogens is 304 g/mol. The minimum atomic E-state index is -0.485. The molecule has 2 rings (SSSR count). The topological polar surface area (TPSA) is 67.4 Å². The van der Waals surface area contributed by atoms with Crippen LogP contribution in [0.15, 0.2) is 24.3 Å². The van der Waals surface area contributed by atoms with Crippen molar-refractivity contribution in [3.05, 3.63) is 29.3 Å². The van der Waals surface area contributed by atoms with Crippen LogP contribution in [0, 0.1) is 5.92 Å². The maximum atomic E-state index is 11.8. The number of ether oxygens (including phenoxy) is 1. The van der Waals surface area contributed by atoms with Crippen LogP contribution < -0.4 is 15.4 Å². The van der Waals surface area contributed by atoms with Crippen LogP contribution in [0.1, 0.15) is 32.6 Å². The summed E-state index contributed by atoms with van der Waals surface area (Å²) in [7, 11) is 0. The van der Waals surface area contributed by atoms with E-state index in [2.05, 4.69) is 17.6 Å². The molecule has 22 heavy (non-hydrogen) atoms. The van der Waals surface area contributed by atoms with Gasteiger partial charge in [-0.3, -0.25) is 10.1 Å². The van der Waals surface area contributed by atoms with Crippen molar-refractivity contribution in [1.29, 1.82) is 0 Å². The highest BCUT2D eigenvalue weighted by Gasteiger charge is 2.23. The Bertz CT molecular complexity index is 536. The summed E-state index contributed by atoms with van der Waals surface area (Å²) >= 11 is 5.82. The van der Waals surface area contributed by atoms with Gasteiger partial charge in [-0.1, -0.05) is 37.4 Å². The summed E-state index contributed by atoms with van der Waals surface area (Å²) in [6.07, 6.45) is 4.38. The molecule has 1 aliphatic rings. The molecule has 5 nitrogen and oxygen atoms in total. The molecule has 0 radical (unpaired) electrons. The van der Waals surface area contributed by atoms with E-state index in [4.69, 9.17) is 16.3 Å². The number of benzene rings is 1. The van der Waals surface area contributed by atoms with Gasteiger partial charge in [0.05, 0.1) is 0 Å². The minimum Gasteiger partial charge on any atom is -0.484 e. The highest BCUT2D eigenvalue weighted by molar-refractivity contribution is 6.30. The molecule has 2 N–H and O–H groups in total. The predicted octanol–water partition coefficient (Wildman–Crippen LogP) is 3.12. The first-order chi connectivity index (χ1) is 10.5. The summed E-state index contributed by atoms with van der Waals surface area (Å²) in [6, 6.07) is 6.43. The van der Waals surface area contributed by atoms with Gasteiger partial charge in [-0.2, -0.15) is 0 Å². The number of rotatable bonds is 4. The molecule has 0 aromatic heterocycles. The van der Waals surface area contributed by atoms with Gasteiger partial charge < -0.3 is 10.1 Å². The lowest BCUT2D eigenvalue weighted by Crippen LogP contribution is -2.48. The molecule has 0 heterocycles. The van der Waals surface area contributed by atoms with E-state index >= 15 is 0 Å². The SMILES string of the molecule is C[C@@H]1CCCC[C@H]1NC(=O)NC(=O)COc1cccc(Cl)c1. The molecule has 0 spiro atoms. The van der Waals surface area contributed by atoms with Gasteiger partial charge >= 0.3 is 6.03 Å². The fourth-order valence-electron chi connectivity index (χ4n) is 2.60. The first-order valence-electron chi connectivity index (χ1n) is 7.53. The maximum Gasteiger partial charge on any atom is 0.321 e. The largest absolute Gasteiger partial charge is 0.484 e. The van der Waals surface area contributed by atoms with Crippen molar-refractivity contribution >= 4 is 23.5 Å². The zero-order valence-electron chi connectivity index (χ0n) is 12.6. The summed E-state index contributed by atoms with van der Waals surface area (Å²) in [4.78, 5) is 23.5. The highest BCUT2D eigenvalue weighted by Crippen LogP contribution is 2.23. The molecule has 0 bridgehead atoms. The van der Waals surface area contributed by atoms with Gasteiger partial charge in [0.1, 0.15) is 5.75 Å². The van der Waals surface area contributed by atoms with E-state index in [0.29, 0.717) is 16.7 Å². The van der Waals surface area contributed by atoms with Crippen LogP contribution in [0.5, 0.6) is 5.75 Å². The molecule has 1 aliphatic carbocycles. The summed E-state index contributed by atoms with van der Waals surface area (Å²) in [5.41, 5.74) is 0. The van der Waals surface area contributed by atoms with Crippen molar-refractivity contribution in [3.8, 4) is 5.75 Å². The standard InChI is InChI=1S/C16H21ClN2O3/c1-11-5-2-3-8-14(11)18-16(21)19-15(20)10-22-13-7-4-6-12(17)9-13/h4,6-7,9,11,14H,2-3,5,8,10H2,1H3,(H2,18,19,20,21)/t11-,14-/m1/s1. The lowest BCUT2D eigenvalue weighted by Gasteiger charge is -2.29. The predicted molar refractivity (Wildman–Crippen MR) is 85.0 cm³/mol. The monoisotopic (exact) mass is 324 g/mol. The molecule has 0 unspecified atom stereocenters. The number of amides is 3. The second kappa shape index (κ2) is 8.03.